The summed E-state index contributed by atoms with van der Waals surface area (Å²) in [7, 11) is 1.54. The number of fused-ring (bicyclic) bond motifs is 2. The van der Waals surface area contributed by atoms with Crippen molar-refractivity contribution >= 4 is 51.7 Å². The van der Waals surface area contributed by atoms with Gasteiger partial charge in [-0.3, -0.25) is 23.5 Å². The molecule has 8 rings (SSSR count). The van der Waals surface area contributed by atoms with Crippen LogP contribution in [-0.2, 0) is 38.0 Å². The van der Waals surface area contributed by atoms with Crippen molar-refractivity contribution in [3.63, 3.8) is 0 Å². The lowest BCUT2D eigenvalue weighted by Crippen LogP contribution is -2.43. The van der Waals surface area contributed by atoms with Crippen LogP contribution in [0.4, 0.5) is 11.6 Å². The highest BCUT2D eigenvalue weighted by atomic mass is 16.7. The molecule has 326 valence electrons. The fourth-order valence-corrected chi connectivity index (χ4v) is 7.56. The topological polar surface area (TPSA) is 227 Å². The number of methoxy groups -OCH3 is 1. The van der Waals surface area contributed by atoms with Gasteiger partial charge in [0.1, 0.15) is 43.2 Å². The first kappa shape index (κ1) is 42.9. The van der Waals surface area contributed by atoms with Crippen molar-refractivity contribution in [2.45, 2.75) is 56.0 Å². The predicted molar refractivity (Wildman–Crippen MR) is 224 cm³/mol. The molecule has 0 radical (unpaired) electrons. The number of rotatable bonds is 18. The molecule has 8 atom stereocenters. The van der Waals surface area contributed by atoms with Crippen LogP contribution in [0.3, 0.4) is 0 Å². The highest BCUT2D eigenvalue weighted by Gasteiger charge is 2.52. The maximum atomic E-state index is 13.1. The molecule has 0 bridgehead atoms. The van der Waals surface area contributed by atoms with Crippen LogP contribution in [0.15, 0.2) is 111 Å². The molecule has 6 heterocycles. The fourth-order valence-electron chi connectivity index (χ4n) is 7.56. The Kier molecular flexibility index (Phi) is 13.3. The minimum absolute atomic E-state index is 0.0901. The number of esters is 1. The highest BCUT2D eigenvalue weighted by Crippen LogP contribution is 2.39. The summed E-state index contributed by atoms with van der Waals surface area (Å²) < 4.78 is 47.3. The molecule has 20 nitrogen and oxygen atoms in total. The van der Waals surface area contributed by atoms with Gasteiger partial charge in [0.15, 0.2) is 52.5 Å². The Labute approximate surface area is 360 Å². The number of ether oxygens (including phenoxy) is 7. The summed E-state index contributed by atoms with van der Waals surface area (Å²) in [6.07, 6.45) is 1.93. The molecule has 0 saturated carbocycles. The maximum absolute atomic E-state index is 13.1. The van der Waals surface area contributed by atoms with E-state index < -0.39 is 55.0 Å². The number of imidazole rings is 2. The third kappa shape index (κ3) is 9.07. The van der Waals surface area contributed by atoms with Crippen LogP contribution in [0.25, 0.3) is 22.3 Å². The maximum Gasteiger partial charge on any atom is 0.303 e. The van der Waals surface area contributed by atoms with Crippen molar-refractivity contribution in [1.29, 1.82) is 0 Å². The molecular formula is C43H44N10O10. The van der Waals surface area contributed by atoms with E-state index in [0.717, 1.165) is 0 Å². The van der Waals surface area contributed by atoms with Crippen LogP contribution >= 0.6 is 0 Å². The monoisotopic (exact) mass is 860 g/mol. The average Bonchev–Trinajstić information content (AvgIpc) is 4.08. The SMILES string of the molecule is C=CCO[C@@H]1[C@H](OC[C@H]2O[C@@H](n3cnc4c(NC(=O)c5ccccc5)ncnc43)[C@H](OC(C)=O)[C@@H]2OCC=C)[C@@H](COC)O[C@H]1n1cnc2c(NC(=O)c3ccccc3)ncnc21. The van der Waals surface area contributed by atoms with Gasteiger partial charge < -0.3 is 43.8 Å². The molecule has 2 aromatic carbocycles. The number of benzene rings is 2. The van der Waals surface area contributed by atoms with Crippen LogP contribution in [0.2, 0.25) is 0 Å². The Morgan fingerprint density at radius 1 is 0.651 bits per heavy atom. The lowest BCUT2D eigenvalue weighted by atomic mass is 10.1. The summed E-state index contributed by atoms with van der Waals surface area (Å²) in [6, 6.07) is 17.4. The standard InChI is InChI=1S/C43H44N10O10/c1-5-17-58-33-29(63-43(35(33)61-25(3)54)53-24-49-31-37(45-22-47-39(31)53)51-41(56)27-15-11-8-12-16-27)20-60-32-28(19-57-4)62-42(34(32)59-18-6-2)52-23-48-30-36(44-21-46-38(30)52)50-40(55)26-13-9-7-10-14-26/h5-16,21-24,28-29,32-35,42-43H,1-2,17-20H2,3-4H3,(H,44,46,50,55)(H,45,47,51,56)/t28-,29-,32-,33-,34-,35-,42-,43-/m1/s1. The number of nitrogens with zero attached hydrogens (tertiary/aromatic N) is 8. The zero-order valence-corrected chi connectivity index (χ0v) is 34.3. The molecule has 2 aliphatic heterocycles. The van der Waals surface area contributed by atoms with Crippen LogP contribution in [-0.4, -0.2) is 127 Å². The molecule has 4 aromatic heterocycles. The van der Waals surface area contributed by atoms with Gasteiger partial charge in [0.25, 0.3) is 11.8 Å². The van der Waals surface area contributed by atoms with Crippen molar-refractivity contribution in [2.75, 3.05) is 44.2 Å². The Morgan fingerprint density at radius 2 is 1.13 bits per heavy atom. The van der Waals surface area contributed by atoms with Crippen molar-refractivity contribution in [1.82, 2.24) is 39.0 Å². The van der Waals surface area contributed by atoms with Gasteiger partial charge in [0, 0.05) is 25.2 Å². The number of hydrogen-bond acceptors (Lipinski definition) is 16. The van der Waals surface area contributed by atoms with Gasteiger partial charge in [-0.2, -0.15) is 0 Å². The number of hydrogen-bond donors (Lipinski definition) is 2. The number of anilines is 2. The second-order valence-electron chi connectivity index (χ2n) is 14.4. The summed E-state index contributed by atoms with van der Waals surface area (Å²) >= 11 is 0. The molecule has 2 N–H and O–H groups in total. The fraction of sp³-hybridized carbons (Fsp3) is 0.326. The lowest BCUT2D eigenvalue weighted by Gasteiger charge is -2.27. The molecule has 0 unspecified atom stereocenters. The smallest absolute Gasteiger partial charge is 0.303 e. The van der Waals surface area contributed by atoms with Crippen molar-refractivity contribution < 1.29 is 47.5 Å². The zero-order chi connectivity index (χ0) is 43.9. The molecule has 63 heavy (non-hydrogen) atoms. The Bertz CT molecular complexity index is 2570. The van der Waals surface area contributed by atoms with Gasteiger partial charge in [0.2, 0.25) is 0 Å². The minimum Gasteiger partial charge on any atom is -0.455 e. The second kappa shape index (κ2) is 19.5. The number of nitrogens with one attached hydrogen (secondary N) is 2. The lowest BCUT2D eigenvalue weighted by molar-refractivity contribution is -0.157. The summed E-state index contributed by atoms with van der Waals surface area (Å²) in [5, 5.41) is 5.63. The number of aromatic nitrogens is 8. The van der Waals surface area contributed by atoms with Crippen molar-refractivity contribution in [2.24, 2.45) is 0 Å². The normalized spacial score (nSPS) is 23.1. The van der Waals surface area contributed by atoms with E-state index in [-0.39, 0.29) is 55.4 Å². The Hall–Kier alpha value is -6.81. The number of amides is 2. The van der Waals surface area contributed by atoms with Gasteiger partial charge >= 0.3 is 5.97 Å². The quantitative estimate of drug-likeness (QED) is 0.0917. The predicted octanol–water partition coefficient (Wildman–Crippen LogP) is 4.07. The van der Waals surface area contributed by atoms with Gasteiger partial charge in [-0.1, -0.05) is 48.6 Å². The van der Waals surface area contributed by atoms with Crippen LogP contribution < -0.4 is 10.6 Å². The van der Waals surface area contributed by atoms with E-state index in [2.05, 4.69) is 53.7 Å². The molecule has 2 saturated heterocycles. The van der Waals surface area contributed by atoms with Crippen molar-refractivity contribution in [3.05, 3.63) is 122 Å². The molecule has 6 aromatic rings. The van der Waals surface area contributed by atoms with E-state index in [4.69, 9.17) is 33.2 Å². The van der Waals surface area contributed by atoms with Gasteiger partial charge in [-0.05, 0) is 24.3 Å². The molecule has 0 spiro atoms. The minimum atomic E-state index is -1.02. The number of carbonyl (C=O) groups is 3. The summed E-state index contributed by atoms with van der Waals surface area (Å²) in [6.45, 7) is 9.15. The molecule has 2 fully saturated rings. The van der Waals surface area contributed by atoms with Crippen LogP contribution in [0.5, 0.6) is 0 Å². The first-order valence-corrected chi connectivity index (χ1v) is 19.9. The summed E-state index contributed by atoms with van der Waals surface area (Å²) in [5.74, 6) is -0.952. The van der Waals surface area contributed by atoms with E-state index in [9.17, 15) is 14.4 Å². The van der Waals surface area contributed by atoms with E-state index >= 15 is 0 Å². The molecule has 20 heteroatoms. The summed E-state index contributed by atoms with van der Waals surface area (Å²) in [5.41, 5.74) is 2.14. The van der Waals surface area contributed by atoms with E-state index in [0.29, 0.717) is 27.9 Å². The van der Waals surface area contributed by atoms with E-state index in [1.54, 1.807) is 76.9 Å². The molecule has 2 amide bonds. The number of carbonyl (C=O) groups excluding carboxylic acids is 3. The Balaban J connectivity index is 1.07. The van der Waals surface area contributed by atoms with Gasteiger partial charge in [-0.15, -0.1) is 13.2 Å². The highest BCUT2D eigenvalue weighted by molar-refractivity contribution is 6.07. The molecule has 2 aliphatic rings. The zero-order valence-electron chi connectivity index (χ0n) is 34.3. The largest absolute Gasteiger partial charge is 0.455 e. The first-order valence-electron chi connectivity index (χ1n) is 19.9. The molecule has 0 aliphatic carbocycles. The molecular weight excluding hydrogens is 817 g/mol. The van der Waals surface area contributed by atoms with Crippen molar-refractivity contribution in [3.8, 4) is 0 Å². The van der Waals surface area contributed by atoms with Gasteiger partial charge in [-0.25, -0.2) is 29.9 Å². The second-order valence-corrected chi connectivity index (χ2v) is 14.4. The average molecular weight is 861 g/mol. The van der Waals surface area contributed by atoms with Crippen LogP contribution in [0, 0.1) is 0 Å². The summed E-state index contributed by atoms with van der Waals surface area (Å²) in [4.78, 5) is 65.4. The first-order chi connectivity index (χ1) is 30.8. The van der Waals surface area contributed by atoms with E-state index in [1.165, 1.54) is 32.2 Å². The van der Waals surface area contributed by atoms with Gasteiger partial charge in [0.05, 0.1) is 39.1 Å². The third-order valence-electron chi connectivity index (χ3n) is 10.3. The third-order valence-corrected chi connectivity index (χ3v) is 10.3. The van der Waals surface area contributed by atoms with Crippen LogP contribution in [0.1, 0.15) is 40.1 Å². The Morgan fingerprint density at radius 3 is 1.62 bits per heavy atom. The van der Waals surface area contributed by atoms with E-state index in [1.807, 2.05) is 12.1 Å².